The molecule has 0 amide bonds. The number of hydrogen-bond donors (Lipinski definition) is 1. The van der Waals surface area contributed by atoms with E-state index in [0.29, 0.717) is 5.69 Å². The Morgan fingerprint density at radius 2 is 1.50 bits per heavy atom. The number of nitrogens with two attached hydrogens (primary N) is 1. The molecule has 0 unspecified atom stereocenters. The predicted molar refractivity (Wildman–Crippen MR) is 70.8 cm³/mol. The van der Waals surface area contributed by atoms with Gasteiger partial charge in [-0.1, -0.05) is 0 Å². The Morgan fingerprint density at radius 1 is 0.944 bits per heavy atom. The monoisotopic (exact) mass is 353 g/mol. The molecule has 0 radical (unpaired) electrons. The van der Waals surface area contributed by atoms with Crippen LogP contribution in [0.25, 0.3) is 11.1 Å². The SMILES string of the molecule is C[S](=O)(=O)[Pd][c]1ccccc1-c1ccccc1N. The van der Waals surface area contributed by atoms with Gasteiger partial charge >= 0.3 is 114 Å². The van der Waals surface area contributed by atoms with Gasteiger partial charge in [0.15, 0.2) is 0 Å². The van der Waals surface area contributed by atoms with E-state index in [-0.39, 0.29) is 0 Å². The first-order valence-corrected chi connectivity index (χ1v) is 9.64. The molecule has 0 aliphatic carbocycles. The molecule has 0 aliphatic rings. The summed E-state index contributed by atoms with van der Waals surface area (Å²) in [4.78, 5) is 0. The third-order valence-corrected chi connectivity index (χ3v) is 6.09. The number of para-hydroxylation sites is 1. The quantitative estimate of drug-likeness (QED) is 0.673. The molecule has 2 aromatic rings. The van der Waals surface area contributed by atoms with Crippen LogP contribution in [-0.4, -0.2) is 14.7 Å². The van der Waals surface area contributed by atoms with Crippen molar-refractivity contribution < 1.29 is 25.1 Å². The molecule has 0 fully saturated rings. The van der Waals surface area contributed by atoms with Crippen LogP contribution in [0.1, 0.15) is 0 Å². The molecule has 98 valence electrons. The maximum atomic E-state index is 11.5. The van der Waals surface area contributed by atoms with Crippen molar-refractivity contribution >= 4 is 17.4 Å². The Hall–Kier alpha value is -1.15. The average Bonchev–Trinajstić information content (AvgIpc) is 2.29. The van der Waals surface area contributed by atoms with Crippen molar-refractivity contribution in [2.75, 3.05) is 12.0 Å². The molecule has 0 aromatic heterocycles. The van der Waals surface area contributed by atoms with Crippen molar-refractivity contribution in [2.45, 2.75) is 0 Å². The van der Waals surface area contributed by atoms with Crippen LogP contribution < -0.4 is 9.77 Å². The summed E-state index contributed by atoms with van der Waals surface area (Å²) in [5.74, 6) is 0. The van der Waals surface area contributed by atoms with Gasteiger partial charge in [0.2, 0.25) is 0 Å². The fourth-order valence-corrected chi connectivity index (χ4v) is 5.13. The van der Waals surface area contributed by atoms with Crippen molar-refractivity contribution in [1.82, 2.24) is 0 Å². The zero-order valence-corrected chi connectivity index (χ0v) is 12.1. The first-order valence-electron chi connectivity index (χ1n) is 5.22. The number of nitrogen functional groups attached to an aromatic ring is 1. The second-order valence-corrected chi connectivity index (χ2v) is 10.4. The van der Waals surface area contributed by atoms with Gasteiger partial charge in [-0.05, 0) is 0 Å². The van der Waals surface area contributed by atoms with Crippen LogP contribution in [-0.2, 0) is 24.4 Å². The van der Waals surface area contributed by atoms with Crippen molar-refractivity contribution in [2.24, 2.45) is 0 Å². The Morgan fingerprint density at radius 3 is 2.11 bits per heavy atom. The van der Waals surface area contributed by atoms with E-state index in [1.165, 1.54) is 6.26 Å². The van der Waals surface area contributed by atoms with E-state index in [4.69, 9.17) is 5.73 Å². The molecular formula is C13H13NO2PdS. The van der Waals surface area contributed by atoms with Gasteiger partial charge < -0.3 is 0 Å². The fourth-order valence-electron chi connectivity index (χ4n) is 1.59. The average molecular weight is 354 g/mol. The van der Waals surface area contributed by atoms with Gasteiger partial charge in [-0.15, -0.1) is 0 Å². The summed E-state index contributed by atoms with van der Waals surface area (Å²) < 4.78 is 23.7. The van der Waals surface area contributed by atoms with Crippen LogP contribution in [0, 0.1) is 0 Å². The van der Waals surface area contributed by atoms with Gasteiger partial charge in [-0.2, -0.15) is 0 Å². The van der Waals surface area contributed by atoms with E-state index in [0.717, 1.165) is 15.2 Å². The molecule has 0 aliphatic heterocycles. The van der Waals surface area contributed by atoms with Crippen LogP contribution in [0.4, 0.5) is 5.69 Å². The Kier molecular flexibility index (Phi) is 3.86. The van der Waals surface area contributed by atoms with Crippen LogP contribution in [0.5, 0.6) is 0 Å². The van der Waals surface area contributed by atoms with Gasteiger partial charge in [0, 0.05) is 0 Å². The number of hydrogen-bond acceptors (Lipinski definition) is 3. The standard InChI is InChI=1S/C12H10N.CH3O2S.Pd/c13-12-9-5-4-8-11(12)10-6-2-1-3-7-10;1-4(2)3;/h1-6,8-9H,13H2;1H3;. The van der Waals surface area contributed by atoms with Gasteiger partial charge in [-0.25, -0.2) is 0 Å². The van der Waals surface area contributed by atoms with Crippen LogP contribution in [0.2, 0.25) is 0 Å². The summed E-state index contributed by atoms with van der Waals surface area (Å²) in [6.07, 6.45) is 1.26. The van der Waals surface area contributed by atoms with E-state index >= 15 is 0 Å². The molecule has 0 atom stereocenters. The van der Waals surface area contributed by atoms with Crippen molar-refractivity contribution in [3.8, 4) is 11.1 Å². The minimum atomic E-state index is -3.01. The van der Waals surface area contributed by atoms with E-state index in [2.05, 4.69) is 0 Å². The molecule has 5 heteroatoms. The summed E-state index contributed by atoms with van der Waals surface area (Å²) in [5.41, 5.74) is 8.38. The Labute approximate surface area is 114 Å². The number of rotatable bonds is 3. The second-order valence-electron chi connectivity index (χ2n) is 3.73. The molecule has 3 nitrogen and oxygen atoms in total. The van der Waals surface area contributed by atoms with Crippen molar-refractivity contribution in [1.29, 1.82) is 0 Å². The summed E-state index contributed by atoms with van der Waals surface area (Å²) in [7, 11) is -3.01. The third-order valence-electron chi connectivity index (χ3n) is 2.28. The van der Waals surface area contributed by atoms with Gasteiger partial charge in [0.1, 0.15) is 0 Å². The molecule has 2 rings (SSSR count). The minimum absolute atomic E-state index is 0.468. The normalized spacial score (nSPS) is 11.6. The predicted octanol–water partition coefficient (Wildman–Crippen LogP) is 1.60. The molecule has 0 saturated carbocycles. The topological polar surface area (TPSA) is 60.2 Å². The van der Waals surface area contributed by atoms with Crippen LogP contribution in [0.3, 0.4) is 0 Å². The second kappa shape index (κ2) is 5.23. The van der Waals surface area contributed by atoms with E-state index in [1.54, 1.807) is 0 Å². The van der Waals surface area contributed by atoms with Gasteiger partial charge in [0.05, 0.1) is 0 Å². The van der Waals surface area contributed by atoms with Gasteiger partial charge in [-0.3, -0.25) is 0 Å². The maximum absolute atomic E-state index is 11.5. The van der Waals surface area contributed by atoms with E-state index in [1.807, 2.05) is 48.5 Å². The molecule has 2 aromatic carbocycles. The molecule has 2 N–H and O–H groups in total. The zero-order chi connectivity index (χ0) is 13.2. The van der Waals surface area contributed by atoms with Crippen molar-refractivity contribution in [3.63, 3.8) is 0 Å². The van der Waals surface area contributed by atoms with E-state index < -0.39 is 24.4 Å². The van der Waals surface area contributed by atoms with Crippen molar-refractivity contribution in [3.05, 3.63) is 48.5 Å². The molecule has 0 spiro atoms. The first-order chi connectivity index (χ1) is 8.47. The molecule has 0 heterocycles. The Balaban J connectivity index is 2.56. The molecular weight excluding hydrogens is 341 g/mol. The van der Waals surface area contributed by atoms with Crippen LogP contribution >= 0.6 is 0 Å². The molecule has 0 saturated heterocycles. The first kappa shape index (κ1) is 13.3. The molecule has 18 heavy (non-hydrogen) atoms. The number of anilines is 1. The summed E-state index contributed by atoms with van der Waals surface area (Å²) in [5, 5.41) is 0. The van der Waals surface area contributed by atoms with Gasteiger partial charge in [0.25, 0.3) is 0 Å². The zero-order valence-electron chi connectivity index (χ0n) is 9.74. The summed E-state index contributed by atoms with van der Waals surface area (Å²) in [6.45, 7) is 0. The fraction of sp³-hybridized carbons (Fsp3) is 0.0769. The van der Waals surface area contributed by atoms with Crippen LogP contribution in [0.15, 0.2) is 48.5 Å². The number of benzene rings is 2. The molecule has 0 bridgehead atoms. The van der Waals surface area contributed by atoms with E-state index in [9.17, 15) is 8.42 Å². The Bertz CT molecular complexity index is 668. The summed E-state index contributed by atoms with van der Waals surface area (Å²) in [6, 6.07) is 15.0. The summed E-state index contributed by atoms with van der Waals surface area (Å²) >= 11 is -0.468. The third kappa shape index (κ3) is 3.20.